The van der Waals surface area contributed by atoms with E-state index in [4.69, 9.17) is 10.4 Å². The van der Waals surface area contributed by atoms with Crippen molar-refractivity contribution in [3.05, 3.63) is 29.3 Å². The lowest BCUT2D eigenvalue weighted by molar-refractivity contribution is -0.137. The van der Waals surface area contributed by atoms with E-state index in [9.17, 15) is 4.79 Å². The fourth-order valence-electron chi connectivity index (χ4n) is 1.52. The van der Waals surface area contributed by atoms with E-state index in [0.29, 0.717) is 5.69 Å². The van der Waals surface area contributed by atoms with Crippen molar-refractivity contribution in [3.8, 4) is 16.6 Å². The molecule has 0 bridgehead atoms. The zero-order valence-corrected chi connectivity index (χ0v) is 9.65. The van der Waals surface area contributed by atoms with E-state index in [0.717, 1.165) is 10.4 Å². The number of thiophene rings is 1. The Bertz CT molecular complexity index is 566. The molecule has 6 heteroatoms. The van der Waals surface area contributed by atoms with Gasteiger partial charge in [0.15, 0.2) is 0 Å². The molecule has 0 fully saturated rings. The highest BCUT2D eigenvalue weighted by atomic mass is 32.1. The van der Waals surface area contributed by atoms with Crippen molar-refractivity contribution in [1.82, 2.24) is 9.78 Å². The molecule has 5 nitrogen and oxygen atoms in total. The topological polar surface area (TPSA) is 78.9 Å². The minimum atomic E-state index is -0.950. The lowest BCUT2D eigenvalue weighted by Gasteiger charge is -1.94. The molecule has 0 saturated heterocycles. The second-order valence-electron chi connectivity index (χ2n) is 3.41. The zero-order valence-electron chi connectivity index (χ0n) is 8.83. The molecule has 2 aromatic rings. The summed E-state index contributed by atoms with van der Waals surface area (Å²) in [6.07, 6.45) is 1.85. The highest BCUT2D eigenvalue weighted by Gasteiger charge is 2.13. The summed E-state index contributed by atoms with van der Waals surface area (Å²) in [5.74, 6) is -0.950. The Morgan fingerprint density at radius 2 is 2.47 bits per heavy atom. The second kappa shape index (κ2) is 4.80. The number of nitriles is 1. The molecule has 2 aromatic heterocycles. The largest absolute Gasteiger partial charge is 0.480 e. The molecule has 0 aliphatic carbocycles. The molecule has 2 heterocycles. The Balaban J connectivity index is 2.39. The quantitative estimate of drug-likeness (QED) is 0.892. The smallest absolute Gasteiger partial charge is 0.325 e. The van der Waals surface area contributed by atoms with Gasteiger partial charge in [-0.2, -0.15) is 10.4 Å². The van der Waals surface area contributed by atoms with Gasteiger partial charge in [-0.1, -0.05) is 6.07 Å². The van der Waals surface area contributed by atoms with E-state index in [1.165, 1.54) is 16.0 Å². The van der Waals surface area contributed by atoms with Crippen LogP contribution in [0.25, 0.3) is 10.6 Å². The summed E-state index contributed by atoms with van der Waals surface area (Å²) < 4.78 is 1.35. The molecule has 0 saturated carbocycles. The van der Waals surface area contributed by atoms with Crippen LogP contribution >= 0.6 is 11.3 Å². The summed E-state index contributed by atoms with van der Waals surface area (Å²) in [7, 11) is 0. The van der Waals surface area contributed by atoms with Crippen LogP contribution in [0.5, 0.6) is 0 Å². The van der Waals surface area contributed by atoms with E-state index < -0.39 is 5.97 Å². The molecular formula is C11H9N3O2S. The van der Waals surface area contributed by atoms with Gasteiger partial charge in [-0.15, -0.1) is 11.3 Å². The molecule has 0 amide bonds. The maximum Gasteiger partial charge on any atom is 0.325 e. The van der Waals surface area contributed by atoms with Crippen LogP contribution < -0.4 is 0 Å². The molecule has 0 unspecified atom stereocenters. The van der Waals surface area contributed by atoms with Crippen LogP contribution in [0.1, 0.15) is 5.56 Å². The van der Waals surface area contributed by atoms with Crippen molar-refractivity contribution in [2.75, 3.05) is 0 Å². The van der Waals surface area contributed by atoms with Gasteiger partial charge in [0.05, 0.1) is 17.4 Å². The van der Waals surface area contributed by atoms with Crippen molar-refractivity contribution < 1.29 is 9.90 Å². The van der Waals surface area contributed by atoms with E-state index in [2.05, 4.69) is 11.2 Å². The Morgan fingerprint density at radius 3 is 3.06 bits per heavy atom. The molecule has 1 N–H and O–H groups in total. The van der Waals surface area contributed by atoms with Crippen molar-refractivity contribution >= 4 is 17.3 Å². The van der Waals surface area contributed by atoms with Crippen LogP contribution in [0, 0.1) is 11.3 Å². The fourth-order valence-corrected chi connectivity index (χ4v) is 2.26. The molecule has 2 rings (SSSR count). The Labute approximate surface area is 102 Å². The van der Waals surface area contributed by atoms with Gasteiger partial charge in [-0.25, -0.2) is 0 Å². The number of carbonyl (C=O) groups is 1. The molecule has 0 aromatic carbocycles. The molecule has 0 atom stereocenters. The third-order valence-electron chi connectivity index (χ3n) is 2.16. The molecule has 86 valence electrons. The summed E-state index contributed by atoms with van der Waals surface area (Å²) in [6, 6.07) is 5.85. The summed E-state index contributed by atoms with van der Waals surface area (Å²) in [5, 5.41) is 23.6. The van der Waals surface area contributed by atoms with Gasteiger partial charge in [0.2, 0.25) is 0 Å². The number of aromatic nitrogens is 2. The molecule has 0 aliphatic rings. The molecule has 0 radical (unpaired) electrons. The van der Waals surface area contributed by atoms with Gasteiger partial charge >= 0.3 is 5.97 Å². The van der Waals surface area contributed by atoms with E-state index in [-0.39, 0.29) is 13.0 Å². The molecular weight excluding hydrogens is 238 g/mol. The number of aliphatic carboxylic acids is 1. The third-order valence-corrected chi connectivity index (χ3v) is 3.04. The van der Waals surface area contributed by atoms with Crippen LogP contribution in [0.15, 0.2) is 23.7 Å². The monoisotopic (exact) mass is 247 g/mol. The van der Waals surface area contributed by atoms with Crippen molar-refractivity contribution in [1.29, 1.82) is 5.26 Å². The number of carboxylic acid groups (broad SMARTS) is 1. The SMILES string of the molecule is N#CCc1cn(CC(=O)O)nc1-c1cccs1. The van der Waals surface area contributed by atoms with Crippen molar-refractivity contribution in [2.45, 2.75) is 13.0 Å². The fraction of sp³-hybridized carbons (Fsp3) is 0.182. The molecule has 0 aliphatic heterocycles. The van der Waals surface area contributed by atoms with Crippen LogP contribution in [-0.2, 0) is 17.8 Å². The number of hydrogen-bond donors (Lipinski definition) is 1. The van der Waals surface area contributed by atoms with E-state index >= 15 is 0 Å². The maximum absolute atomic E-state index is 10.6. The van der Waals surface area contributed by atoms with Crippen molar-refractivity contribution in [2.24, 2.45) is 0 Å². The molecule has 0 spiro atoms. The first-order valence-electron chi connectivity index (χ1n) is 4.89. The van der Waals surface area contributed by atoms with Gasteiger partial charge in [0.1, 0.15) is 12.2 Å². The first kappa shape index (κ1) is 11.4. The molecule has 17 heavy (non-hydrogen) atoms. The normalized spacial score (nSPS) is 10.1. The zero-order chi connectivity index (χ0) is 12.3. The summed E-state index contributed by atoms with van der Waals surface area (Å²) in [4.78, 5) is 11.6. The summed E-state index contributed by atoms with van der Waals surface area (Å²) >= 11 is 1.52. The number of hydrogen-bond acceptors (Lipinski definition) is 4. The second-order valence-corrected chi connectivity index (χ2v) is 4.35. The Morgan fingerprint density at radius 1 is 1.65 bits per heavy atom. The number of nitrogens with zero attached hydrogens (tertiary/aromatic N) is 3. The lowest BCUT2D eigenvalue weighted by atomic mass is 10.2. The summed E-state index contributed by atoms with van der Waals surface area (Å²) in [6.45, 7) is -0.191. The van der Waals surface area contributed by atoms with Gasteiger partial charge in [0, 0.05) is 11.8 Å². The predicted octanol–water partition coefficient (Wildman–Crippen LogP) is 1.76. The van der Waals surface area contributed by atoms with Crippen molar-refractivity contribution in [3.63, 3.8) is 0 Å². The van der Waals surface area contributed by atoms with Gasteiger partial charge < -0.3 is 5.11 Å². The minimum Gasteiger partial charge on any atom is -0.480 e. The average Bonchev–Trinajstić information content (AvgIpc) is 2.86. The third kappa shape index (κ3) is 2.52. The Kier molecular flexibility index (Phi) is 3.21. The minimum absolute atomic E-state index is 0.191. The number of carboxylic acids is 1. The number of rotatable bonds is 4. The highest BCUT2D eigenvalue weighted by molar-refractivity contribution is 7.13. The van der Waals surface area contributed by atoms with Crippen LogP contribution in [-0.4, -0.2) is 20.9 Å². The average molecular weight is 247 g/mol. The van der Waals surface area contributed by atoms with E-state index in [1.54, 1.807) is 6.20 Å². The maximum atomic E-state index is 10.6. The van der Waals surface area contributed by atoms with Gasteiger partial charge in [-0.05, 0) is 11.4 Å². The standard InChI is InChI=1S/C11H9N3O2S/c12-4-3-8-6-14(7-10(15)16)13-11(8)9-2-1-5-17-9/h1-2,5-6H,3,7H2,(H,15,16). The van der Waals surface area contributed by atoms with Gasteiger partial charge in [-0.3, -0.25) is 9.48 Å². The van der Waals surface area contributed by atoms with Crippen LogP contribution in [0.3, 0.4) is 0 Å². The van der Waals surface area contributed by atoms with Gasteiger partial charge in [0.25, 0.3) is 0 Å². The summed E-state index contributed by atoms with van der Waals surface area (Å²) in [5.41, 5.74) is 1.46. The first-order valence-corrected chi connectivity index (χ1v) is 5.77. The Hall–Kier alpha value is -2.13. The first-order chi connectivity index (χ1) is 8.20. The highest BCUT2D eigenvalue weighted by Crippen LogP contribution is 2.26. The van der Waals surface area contributed by atoms with E-state index in [1.807, 2.05) is 17.5 Å². The lowest BCUT2D eigenvalue weighted by Crippen LogP contribution is -2.08. The predicted molar refractivity (Wildman–Crippen MR) is 62.5 cm³/mol. The van der Waals surface area contributed by atoms with Crippen LogP contribution in [0.4, 0.5) is 0 Å². The van der Waals surface area contributed by atoms with Crippen LogP contribution in [0.2, 0.25) is 0 Å².